The molecule has 1 saturated carbocycles. The third kappa shape index (κ3) is 2.90. The van der Waals surface area contributed by atoms with Gasteiger partial charge < -0.3 is 9.80 Å². The highest BCUT2D eigenvalue weighted by Gasteiger charge is 2.39. The largest absolute Gasteiger partial charge is 0.339 e. The number of hydrogen-bond acceptors (Lipinski definition) is 2. The Kier molecular flexibility index (Phi) is 4.20. The van der Waals surface area contributed by atoms with E-state index in [9.17, 15) is 9.59 Å². The molecule has 4 nitrogen and oxygen atoms in total. The van der Waals surface area contributed by atoms with E-state index in [2.05, 4.69) is 12.1 Å². The van der Waals surface area contributed by atoms with E-state index in [1.807, 2.05) is 42.3 Å². The lowest BCUT2D eigenvalue weighted by Crippen LogP contribution is -2.37. The molecule has 0 aromatic heterocycles. The first-order chi connectivity index (χ1) is 12.1. The lowest BCUT2D eigenvalue weighted by molar-refractivity contribution is -0.130. The molecular formula is C21H24N2O2. The molecule has 25 heavy (non-hydrogen) atoms. The zero-order valence-corrected chi connectivity index (χ0v) is 14.6. The van der Waals surface area contributed by atoms with Crippen molar-refractivity contribution in [3.8, 4) is 0 Å². The molecule has 1 aliphatic heterocycles. The van der Waals surface area contributed by atoms with Crippen molar-refractivity contribution in [2.75, 3.05) is 18.5 Å². The first-order valence-electron chi connectivity index (χ1n) is 9.20. The van der Waals surface area contributed by atoms with Gasteiger partial charge in [-0.05, 0) is 24.3 Å². The Labute approximate surface area is 148 Å². The Bertz CT molecular complexity index is 805. The van der Waals surface area contributed by atoms with Crippen molar-refractivity contribution in [2.45, 2.75) is 38.1 Å². The van der Waals surface area contributed by atoms with Crippen molar-refractivity contribution in [2.24, 2.45) is 5.92 Å². The molecule has 4 heteroatoms. The molecule has 2 amide bonds. The molecule has 2 aliphatic rings. The summed E-state index contributed by atoms with van der Waals surface area (Å²) >= 11 is 0. The highest BCUT2D eigenvalue weighted by atomic mass is 16.2. The summed E-state index contributed by atoms with van der Waals surface area (Å²) in [4.78, 5) is 29.1. The number of likely N-dealkylation sites (tertiary alicyclic amines) is 1. The Hall–Kier alpha value is -2.36. The number of rotatable bonds is 3. The molecule has 130 valence electrons. The van der Waals surface area contributed by atoms with Crippen molar-refractivity contribution in [3.63, 3.8) is 0 Å². The van der Waals surface area contributed by atoms with Crippen LogP contribution < -0.4 is 4.90 Å². The molecule has 1 atom stereocenters. The Morgan fingerprint density at radius 3 is 2.60 bits per heavy atom. The normalized spacial score (nSPS) is 21.2. The van der Waals surface area contributed by atoms with Crippen LogP contribution in [0.3, 0.4) is 0 Å². The second-order valence-corrected chi connectivity index (χ2v) is 7.28. The Morgan fingerprint density at radius 2 is 1.80 bits per heavy atom. The number of nitrogens with zero attached hydrogens (tertiary/aromatic N) is 2. The second kappa shape index (κ2) is 6.51. The van der Waals surface area contributed by atoms with Crippen LogP contribution >= 0.6 is 0 Å². The lowest BCUT2D eigenvalue weighted by atomic mass is 10.0. The lowest BCUT2D eigenvalue weighted by Gasteiger charge is -2.25. The number of carbonyl (C=O) groups excluding carboxylic acids is 2. The van der Waals surface area contributed by atoms with E-state index in [1.165, 1.54) is 12.8 Å². The summed E-state index contributed by atoms with van der Waals surface area (Å²) < 4.78 is 0. The zero-order chi connectivity index (χ0) is 17.4. The summed E-state index contributed by atoms with van der Waals surface area (Å²) in [5, 5.41) is 2.19. The molecule has 0 spiro atoms. The highest BCUT2D eigenvalue weighted by molar-refractivity contribution is 6.05. The van der Waals surface area contributed by atoms with E-state index in [0.717, 1.165) is 29.3 Å². The van der Waals surface area contributed by atoms with Gasteiger partial charge in [0.1, 0.15) is 0 Å². The van der Waals surface area contributed by atoms with Crippen molar-refractivity contribution in [1.29, 1.82) is 0 Å². The number of hydrogen-bond donors (Lipinski definition) is 0. The van der Waals surface area contributed by atoms with Gasteiger partial charge >= 0.3 is 0 Å². The van der Waals surface area contributed by atoms with Gasteiger partial charge in [0.2, 0.25) is 11.8 Å². The van der Waals surface area contributed by atoms with E-state index < -0.39 is 0 Å². The van der Waals surface area contributed by atoms with Crippen molar-refractivity contribution in [1.82, 2.24) is 4.90 Å². The van der Waals surface area contributed by atoms with Crippen LogP contribution in [0.5, 0.6) is 0 Å². The van der Waals surface area contributed by atoms with Crippen molar-refractivity contribution in [3.05, 3.63) is 42.5 Å². The third-order valence-corrected chi connectivity index (χ3v) is 5.73. The van der Waals surface area contributed by atoms with Crippen LogP contribution in [0.4, 0.5) is 5.69 Å². The van der Waals surface area contributed by atoms with E-state index in [1.54, 1.807) is 4.90 Å². The number of fused-ring (bicyclic) bond motifs is 1. The topological polar surface area (TPSA) is 40.6 Å². The minimum absolute atomic E-state index is 0.0465. The number of benzene rings is 2. The Balaban J connectivity index is 1.55. The fraction of sp³-hybridized carbons (Fsp3) is 0.429. The molecule has 2 fully saturated rings. The minimum Gasteiger partial charge on any atom is -0.339 e. The average molecular weight is 336 g/mol. The zero-order valence-electron chi connectivity index (χ0n) is 14.6. The maximum absolute atomic E-state index is 13.0. The predicted octanol–water partition coefficient (Wildman–Crippen LogP) is 3.59. The minimum atomic E-state index is -0.225. The summed E-state index contributed by atoms with van der Waals surface area (Å²) in [5.41, 5.74) is 0.912. The molecule has 1 heterocycles. The van der Waals surface area contributed by atoms with Gasteiger partial charge in [-0.2, -0.15) is 0 Å². The Morgan fingerprint density at radius 1 is 1.08 bits per heavy atom. The van der Waals surface area contributed by atoms with Gasteiger partial charge in [-0.3, -0.25) is 9.59 Å². The number of carbonyl (C=O) groups is 2. The van der Waals surface area contributed by atoms with Gasteiger partial charge in [0.15, 0.2) is 0 Å². The average Bonchev–Trinajstić information content (AvgIpc) is 3.29. The number of anilines is 1. The molecule has 2 aromatic carbocycles. The van der Waals surface area contributed by atoms with Crippen molar-refractivity contribution < 1.29 is 9.59 Å². The highest BCUT2D eigenvalue weighted by Crippen LogP contribution is 2.32. The molecular weight excluding hydrogens is 312 g/mol. The summed E-state index contributed by atoms with van der Waals surface area (Å²) in [6.45, 7) is 0.581. The molecule has 0 unspecified atom stereocenters. The monoisotopic (exact) mass is 336 g/mol. The maximum atomic E-state index is 13.0. The number of amides is 2. The van der Waals surface area contributed by atoms with Crippen LogP contribution in [0.25, 0.3) is 10.8 Å². The SMILES string of the molecule is CN(C(=O)[C@H]1CC(=O)N(C2CCCC2)C1)c1cccc2ccccc12. The van der Waals surface area contributed by atoms with E-state index in [-0.39, 0.29) is 17.7 Å². The van der Waals surface area contributed by atoms with Crippen LogP contribution in [0.15, 0.2) is 42.5 Å². The smallest absolute Gasteiger partial charge is 0.232 e. The molecule has 0 bridgehead atoms. The maximum Gasteiger partial charge on any atom is 0.232 e. The fourth-order valence-electron chi connectivity index (χ4n) is 4.36. The van der Waals surface area contributed by atoms with Gasteiger partial charge in [-0.15, -0.1) is 0 Å². The molecule has 2 aromatic rings. The van der Waals surface area contributed by atoms with E-state index in [0.29, 0.717) is 19.0 Å². The third-order valence-electron chi connectivity index (χ3n) is 5.73. The van der Waals surface area contributed by atoms with Gasteiger partial charge in [0.25, 0.3) is 0 Å². The van der Waals surface area contributed by atoms with Gasteiger partial charge in [0, 0.05) is 31.4 Å². The molecule has 0 N–H and O–H groups in total. The first kappa shape index (κ1) is 16.1. The predicted molar refractivity (Wildman–Crippen MR) is 99.4 cm³/mol. The summed E-state index contributed by atoms with van der Waals surface area (Å²) in [6.07, 6.45) is 4.92. The molecule has 0 radical (unpaired) electrons. The van der Waals surface area contributed by atoms with Crippen LogP contribution in [0, 0.1) is 5.92 Å². The van der Waals surface area contributed by atoms with Gasteiger partial charge in [-0.25, -0.2) is 0 Å². The summed E-state index contributed by atoms with van der Waals surface area (Å²) in [5.74, 6) is -0.0289. The summed E-state index contributed by atoms with van der Waals surface area (Å²) in [7, 11) is 1.83. The van der Waals surface area contributed by atoms with Crippen LogP contribution in [0.2, 0.25) is 0 Å². The van der Waals surface area contributed by atoms with Crippen LogP contribution in [-0.4, -0.2) is 36.3 Å². The second-order valence-electron chi connectivity index (χ2n) is 7.28. The van der Waals surface area contributed by atoms with Crippen LogP contribution in [0.1, 0.15) is 32.1 Å². The molecule has 1 saturated heterocycles. The van der Waals surface area contributed by atoms with Gasteiger partial charge in [-0.1, -0.05) is 49.2 Å². The van der Waals surface area contributed by atoms with Crippen LogP contribution in [-0.2, 0) is 9.59 Å². The standard InChI is InChI=1S/C21H24N2O2/c1-22(19-12-6-8-15-7-2-5-11-18(15)19)21(25)16-13-20(24)23(14-16)17-9-3-4-10-17/h2,5-8,11-12,16-17H,3-4,9-10,13-14H2,1H3/t16-/m0/s1. The quantitative estimate of drug-likeness (QED) is 0.859. The molecule has 1 aliphatic carbocycles. The van der Waals surface area contributed by atoms with E-state index in [4.69, 9.17) is 0 Å². The van der Waals surface area contributed by atoms with Crippen molar-refractivity contribution >= 4 is 28.3 Å². The first-order valence-corrected chi connectivity index (χ1v) is 9.20. The van der Waals surface area contributed by atoms with Gasteiger partial charge in [0.05, 0.1) is 11.6 Å². The fourth-order valence-corrected chi connectivity index (χ4v) is 4.36. The van der Waals surface area contributed by atoms with E-state index >= 15 is 0 Å². The molecule has 4 rings (SSSR count). The summed E-state index contributed by atoms with van der Waals surface area (Å²) in [6, 6.07) is 14.5.